The summed E-state index contributed by atoms with van der Waals surface area (Å²) in [6.45, 7) is 5.50. The fourth-order valence-corrected chi connectivity index (χ4v) is 4.62. The molecule has 0 aromatic heterocycles. The van der Waals surface area contributed by atoms with E-state index in [2.05, 4.69) is 19.9 Å². The number of benzene rings is 1. The smallest absolute Gasteiger partial charge is 0.213 e. The Labute approximate surface area is 157 Å². The van der Waals surface area contributed by atoms with Crippen molar-refractivity contribution >= 4 is 16.0 Å². The maximum absolute atomic E-state index is 12.2. The molecule has 1 aliphatic heterocycles. The van der Waals surface area contributed by atoms with Crippen molar-refractivity contribution in [3.8, 4) is 0 Å². The predicted octanol–water partition coefficient (Wildman–Crippen LogP) is 1.95. The largest absolute Gasteiger partial charge is 0.357 e. The van der Waals surface area contributed by atoms with Crippen LogP contribution in [0.1, 0.15) is 38.2 Å². The topological polar surface area (TPSA) is 73.8 Å². The average Bonchev–Trinajstić information content (AvgIpc) is 3.06. The Morgan fingerprint density at radius 1 is 1.23 bits per heavy atom. The molecular weight excluding hydrogens is 348 g/mol. The fourth-order valence-electron chi connectivity index (χ4n) is 3.76. The zero-order valence-corrected chi connectivity index (χ0v) is 16.4. The first kappa shape index (κ1) is 19.2. The molecule has 0 amide bonds. The van der Waals surface area contributed by atoms with E-state index in [-0.39, 0.29) is 12.3 Å². The Balaban J connectivity index is 1.51. The molecule has 0 unspecified atom stereocenters. The molecule has 0 bridgehead atoms. The van der Waals surface area contributed by atoms with Gasteiger partial charge in [0.1, 0.15) is 0 Å². The van der Waals surface area contributed by atoms with Gasteiger partial charge in [-0.25, -0.2) is 13.1 Å². The maximum Gasteiger partial charge on any atom is 0.213 e. The highest BCUT2D eigenvalue weighted by atomic mass is 32.2. The number of rotatable bonds is 7. The summed E-state index contributed by atoms with van der Waals surface area (Å²) < 4.78 is 27.1. The molecule has 1 spiro atoms. The lowest BCUT2D eigenvalue weighted by molar-refractivity contribution is 0.151. The van der Waals surface area contributed by atoms with Gasteiger partial charge in [-0.2, -0.15) is 0 Å². The highest BCUT2D eigenvalue weighted by molar-refractivity contribution is 7.89. The standard InChI is InChI=1S/C19H30N4O2S/c1-2-20-18(23-13-11-19(16-23)9-6-10-19)21-12-14-26(24,25)22-15-17-7-4-3-5-8-17/h3-5,7-8,22H,2,6,9-16H2,1H3,(H,20,21). The quantitative estimate of drug-likeness (QED) is 0.562. The molecule has 1 saturated heterocycles. The van der Waals surface area contributed by atoms with Crippen LogP contribution >= 0.6 is 0 Å². The molecule has 2 fully saturated rings. The second-order valence-corrected chi connectivity index (χ2v) is 9.31. The van der Waals surface area contributed by atoms with E-state index in [1.807, 2.05) is 37.3 Å². The Hall–Kier alpha value is -1.60. The lowest BCUT2D eigenvalue weighted by Gasteiger charge is -2.38. The zero-order chi connectivity index (χ0) is 18.5. The molecule has 0 atom stereocenters. The van der Waals surface area contributed by atoms with Crippen LogP contribution in [0.4, 0.5) is 0 Å². The van der Waals surface area contributed by atoms with Gasteiger partial charge in [-0.05, 0) is 37.2 Å². The molecule has 6 nitrogen and oxygen atoms in total. The van der Waals surface area contributed by atoms with Gasteiger partial charge in [-0.15, -0.1) is 0 Å². The van der Waals surface area contributed by atoms with E-state index < -0.39 is 10.0 Å². The van der Waals surface area contributed by atoms with E-state index in [0.717, 1.165) is 31.2 Å². The van der Waals surface area contributed by atoms with E-state index in [0.29, 0.717) is 12.0 Å². The van der Waals surface area contributed by atoms with Gasteiger partial charge >= 0.3 is 0 Å². The van der Waals surface area contributed by atoms with E-state index in [4.69, 9.17) is 0 Å². The summed E-state index contributed by atoms with van der Waals surface area (Å²) in [6, 6.07) is 9.55. The molecule has 2 aliphatic rings. The van der Waals surface area contributed by atoms with Crippen LogP contribution in [-0.4, -0.2) is 51.2 Å². The molecule has 1 saturated carbocycles. The fraction of sp³-hybridized carbons (Fsp3) is 0.632. The van der Waals surface area contributed by atoms with Crippen molar-refractivity contribution in [1.29, 1.82) is 0 Å². The lowest BCUT2D eigenvalue weighted by Crippen LogP contribution is -2.42. The van der Waals surface area contributed by atoms with E-state index in [1.54, 1.807) is 0 Å². The summed E-state index contributed by atoms with van der Waals surface area (Å²) in [6.07, 6.45) is 5.21. The molecule has 144 valence electrons. The van der Waals surface area contributed by atoms with Crippen molar-refractivity contribution in [1.82, 2.24) is 14.9 Å². The number of aliphatic imine (C=N–C) groups is 1. The molecule has 2 N–H and O–H groups in total. The van der Waals surface area contributed by atoms with Gasteiger partial charge in [0.15, 0.2) is 5.96 Å². The lowest BCUT2D eigenvalue weighted by atomic mass is 9.68. The molecule has 7 heteroatoms. The van der Waals surface area contributed by atoms with Crippen LogP contribution in [0.2, 0.25) is 0 Å². The Morgan fingerprint density at radius 2 is 2.00 bits per heavy atom. The number of sulfonamides is 1. The summed E-state index contributed by atoms with van der Waals surface area (Å²) in [5.41, 5.74) is 1.45. The van der Waals surface area contributed by atoms with Crippen molar-refractivity contribution < 1.29 is 8.42 Å². The van der Waals surface area contributed by atoms with E-state index >= 15 is 0 Å². The molecule has 1 aliphatic carbocycles. The van der Waals surface area contributed by atoms with Crippen LogP contribution in [-0.2, 0) is 16.6 Å². The van der Waals surface area contributed by atoms with Crippen molar-refractivity contribution in [2.75, 3.05) is 31.9 Å². The average molecular weight is 379 g/mol. The first-order valence-corrected chi connectivity index (χ1v) is 11.2. The minimum Gasteiger partial charge on any atom is -0.357 e. The van der Waals surface area contributed by atoms with Gasteiger partial charge in [0.25, 0.3) is 0 Å². The first-order chi connectivity index (χ1) is 12.5. The number of nitrogens with zero attached hydrogens (tertiary/aromatic N) is 2. The highest BCUT2D eigenvalue weighted by Gasteiger charge is 2.43. The molecule has 0 radical (unpaired) electrons. The number of hydrogen-bond donors (Lipinski definition) is 2. The second kappa shape index (κ2) is 8.39. The van der Waals surface area contributed by atoms with Crippen LogP contribution in [0, 0.1) is 5.41 Å². The number of nitrogens with one attached hydrogen (secondary N) is 2. The SMILES string of the molecule is CCNC(=NCCS(=O)(=O)NCc1ccccc1)N1CCC2(CCC2)C1. The summed E-state index contributed by atoms with van der Waals surface area (Å²) in [4.78, 5) is 6.87. The third-order valence-electron chi connectivity index (χ3n) is 5.45. The monoisotopic (exact) mass is 378 g/mol. The minimum atomic E-state index is -3.33. The number of guanidine groups is 1. The normalized spacial score (nSPS) is 19.6. The second-order valence-electron chi connectivity index (χ2n) is 7.39. The van der Waals surface area contributed by atoms with Gasteiger partial charge in [0.2, 0.25) is 10.0 Å². The minimum absolute atomic E-state index is 0.00765. The number of hydrogen-bond acceptors (Lipinski definition) is 3. The summed E-state index contributed by atoms with van der Waals surface area (Å²) >= 11 is 0. The first-order valence-electron chi connectivity index (χ1n) is 9.56. The van der Waals surface area contributed by atoms with Gasteiger partial charge in [0.05, 0.1) is 12.3 Å². The Bertz CT molecular complexity index is 714. The van der Waals surface area contributed by atoms with Crippen LogP contribution in [0.5, 0.6) is 0 Å². The van der Waals surface area contributed by atoms with Crippen molar-refractivity contribution in [3.05, 3.63) is 35.9 Å². The Morgan fingerprint density at radius 3 is 2.62 bits per heavy atom. The van der Waals surface area contributed by atoms with Crippen LogP contribution in [0.25, 0.3) is 0 Å². The third kappa shape index (κ3) is 4.98. The zero-order valence-electron chi connectivity index (χ0n) is 15.6. The molecule has 1 aromatic rings. The summed E-state index contributed by atoms with van der Waals surface area (Å²) in [7, 11) is -3.33. The molecular formula is C19H30N4O2S. The van der Waals surface area contributed by atoms with E-state index in [1.165, 1.54) is 25.7 Å². The van der Waals surface area contributed by atoms with Gasteiger partial charge in [-0.1, -0.05) is 36.8 Å². The van der Waals surface area contributed by atoms with Gasteiger partial charge < -0.3 is 10.2 Å². The molecule has 1 aromatic carbocycles. The highest BCUT2D eigenvalue weighted by Crippen LogP contribution is 2.47. The van der Waals surface area contributed by atoms with Crippen LogP contribution in [0.15, 0.2) is 35.3 Å². The molecule has 1 heterocycles. The molecule has 26 heavy (non-hydrogen) atoms. The summed E-state index contributed by atoms with van der Waals surface area (Å²) in [5, 5.41) is 3.32. The maximum atomic E-state index is 12.2. The Kier molecular flexibility index (Phi) is 6.19. The van der Waals surface area contributed by atoms with Crippen LogP contribution in [0.3, 0.4) is 0 Å². The van der Waals surface area contributed by atoms with Gasteiger partial charge in [0, 0.05) is 26.2 Å². The van der Waals surface area contributed by atoms with Gasteiger partial charge in [-0.3, -0.25) is 4.99 Å². The van der Waals surface area contributed by atoms with E-state index in [9.17, 15) is 8.42 Å². The summed E-state index contributed by atoms with van der Waals surface area (Å²) in [5.74, 6) is 0.864. The molecule has 3 rings (SSSR count). The number of likely N-dealkylation sites (tertiary alicyclic amines) is 1. The van der Waals surface area contributed by atoms with Crippen molar-refractivity contribution in [2.24, 2.45) is 10.4 Å². The predicted molar refractivity (Wildman–Crippen MR) is 106 cm³/mol. The third-order valence-corrected chi connectivity index (χ3v) is 6.75. The van der Waals surface area contributed by atoms with Crippen molar-refractivity contribution in [2.45, 2.75) is 39.2 Å². The van der Waals surface area contributed by atoms with Crippen molar-refractivity contribution in [3.63, 3.8) is 0 Å². The van der Waals surface area contributed by atoms with Crippen LogP contribution < -0.4 is 10.0 Å².